The monoisotopic (exact) mass is 380 g/mol. The lowest BCUT2D eigenvalue weighted by Gasteiger charge is -2.32. The Hall–Kier alpha value is -3.37. The summed E-state index contributed by atoms with van der Waals surface area (Å²) in [4.78, 5) is 24.1. The van der Waals surface area contributed by atoms with E-state index < -0.39 is 0 Å². The van der Waals surface area contributed by atoms with Crippen LogP contribution in [0.25, 0.3) is 0 Å². The first-order chi connectivity index (χ1) is 13.5. The molecule has 1 aliphatic heterocycles. The second-order valence-electron chi connectivity index (χ2n) is 6.40. The summed E-state index contributed by atoms with van der Waals surface area (Å²) in [7, 11) is 2.92. The summed E-state index contributed by atoms with van der Waals surface area (Å²) >= 11 is 0. The van der Waals surface area contributed by atoms with E-state index in [2.05, 4.69) is 5.32 Å². The van der Waals surface area contributed by atoms with E-state index in [0.717, 1.165) is 5.56 Å². The second kappa shape index (κ2) is 8.55. The van der Waals surface area contributed by atoms with E-state index >= 15 is 0 Å². The first kappa shape index (κ1) is 19.4. The predicted octanol–water partition coefficient (Wildman–Crippen LogP) is 3.07. The molecule has 7 nitrogen and oxygen atoms in total. The quantitative estimate of drug-likeness (QED) is 0.801. The molecule has 1 aliphatic rings. The number of rotatable bonds is 5. The summed E-state index contributed by atoms with van der Waals surface area (Å²) in [5.41, 5.74) is 2.28. The van der Waals surface area contributed by atoms with E-state index in [1.54, 1.807) is 49.6 Å². The van der Waals surface area contributed by atoms with Gasteiger partial charge in [-0.15, -0.1) is 0 Å². The van der Waals surface area contributed by atoms with Gasteiger partial charge in [0.1, 0.15) is 5.75 Å². The summed E-state index contributed by atoms with van der Waals surface area (Å²) in [6.07, 6.45) is -0.175. The van der Waals surface area contributed by atoms with Crippen molar-refractivity contribution in [1.82, 2.24) is 0 Å². The molecule has 0 fully saturated rings. The number of nitrogens with one attached hydrogen (secondary N) is 1. The second-order valence-corrected chi connectivity index (χ2v) is 6.40. The first-order valence-corrected chi connectivity index (χ1v) is 8.73. The van der Waals surface area contributed by atoms with Crippen molar-refractivity contribution in [1.29, 1.82) is 5.26 Å². The maximum absolute atomic E-state index is 12.5. The van der Waals surface area contributed by atoms with Gasteiger partial charge in [-0.1, -0.05) is 0 Å². The van der Waals surface area contributed by atoms with Crippen LogP contribution in [0.15, 0.2) is 42.5 Å². The molecular weight excluding hydrogens is 360 g/mol. The molecule has 1 N–H and O–H groups in total. The average molecular weight is 380 g/mol. The highest BCUT2D eigenvalue weighted by Gasteiger charge is 2.33. The van der Waals surface area contributed by atoms with Crippen LogP contribution >= 0.6 is 0 Å². The van der Waals surface area contributed by atoms with Gasteiger partial charge in [0.05, 0.1) is 37.9 Å². The van der Waals surface area contributed by atoms with Crippen LogP contribution in [0.3, 0.4) is 0 Å². The smallest absolute Gasteiger partial charge is 0.306 e. The number of ether oxygens (including phenoxy) is 3. The lowest BCUT2D eigenvalue weighted by Crippen LogP contribution is -2.29. The highest BCUT2D eigenvalue weighted by Crippen LogP contribution is 2.40. The number of carbonyl (C=O) groups excluding carboxylic acids is 2. The average Bonchev–Trinajstić information content (AvgIpc) is 2.73. The minimum absolute atomic E-state index is 0.177. The summed E-state index contributed by atoms with van der Waals surface area (Å²) in [5.74, 6) is -0.149. The van der Waals surface area contributed by atoms with Gasteiger partial charge in [0.2, 0.25) is 0 Å². The largest absolute Gasteiger partial charge is 0.493 e. The molecule has 144 valence electrons. The Morgan fingerprint density at radius 2 is 1.96 bits per heavy atom. The van der Waals surface area contributed by atoms with Crippen molar-refractivity contribution in [2.24, 2.45) is 5.92 Å². The van der Waals surface area contributed by atoms with Crippen LogP contribution in [0.5, 0.6) is 5.75 Å². The van der Waals surface area contributed by atoms with Crippen molar-refractivity contribution in [3.05, 3.63) is 59.2 Å². The fraction of sp³-hybridized carbons (Fsp3) is 0.286. The van der Waals surface area contributed by atoms with Gasteiger partial charge >= 0.3 is 5.97 Å². The summed E-state index contributed by atoms with van der Waals surface area (Å²) < 4.78 is 16.1. The number of amides is 1. The lowest BCUT2D eigenvalue weighted by molar-refractivity contribution is -0.144. The molecule has 0 saturated carbocycles. The third-order valence-corrected chi connectivity index (χ3v) is 4.64. The van der Waals surface area contributed by atoms with Gasteiger partial charge < -0.3 is 19.5 Å². The number of fused-ring (bicyclic) bond motifs is 1. The zero-order valence-electron chi connectivity index (χ0n) is 15.6. The van der Waals surface area contributed by atoms with Crippen LogP contribution in [0, 0.1) is 17.2 Å². The molecule has 3 rings (SSSR count). The van der Waals surface area contributed by atoms with Crippen LogP contribution in [0.4, 0.5) is 5.69 Å². The maximum atomic E-state index is 12.5. The van der Waals surface area contributed by atoms with Gasteiger partial charge in [-0.25, -0.2) is 0 Å². The molecule has 28 heavy (non-hydrogen) atoms. The maximum Gasteiger partial charge on any atom is 0.306 e. The molecule has 2 aromatic rings. The number of hydrogen-bond acceptors (Lipinski definition) is 6. The molecule has 0 aromatic heterocycles. The number of carbonyl (C=O) groups is 2. The van der Waals surface area contributed by atoms with Crippen molar-refractivity contribution in [3.8, 4) is 11.8 Å². The van der Waals surface area contributed by atoms with Crippen LogP contribution in [-0.2, 0) is 14.3 Å². The van der Waals surface area contributed by atoms with E-state index in [-0.39, 0.29) is 30.3 Å². The number of benzene rings is 2. The number of methoxy groups -OCH3 is 2. The summed E-state index contributed by atoms with van der Waals surface area (Å²) in [6.45, 7) is 0.345. The zero-order chi connectivity index (χ0) is 20.1. The van der Waals surface area contributed by atoms with Crippen molar-refractivity contribution in [2.75, 3.05) is 26.1 Å². The minimum Gasteiger partial charge on any atom is -0.493 e. The predicted molar refractivity (Wildman–Crippen MR) is 101 cm³/mol. The normalized spacial score (nSPS) is 17.6. The van der Waals surface area contributed by atoms with Gasteiger partial charge in [-0.3, -0.25) is 9.59 Å². The SMILES string of the molecule is COC(=O)CC1COc2ccc(NC(=O)c3ccc(C#N)cc3)cc2C1OC. The van der Waals surface area contributed by atoms with Crippen molar-refractivity contribution in [2.45, 2.75) is 12.5 Å². The molecule has 2 atom stereocenters. The molecule has 0 radical (unpaired) electrons. The Kier molecular flexibility index (Phi) is 5.92. The van der Waals surface area contributed by atoms with Gasteiger partial charge in [0.25, 0.3) is 5.91 Å². The lowest BCUT2D eigenvalue weighted by atomic mass is 9.90. The number of nitrogens with zero attached hydrogens (tertiary/aromatic N) is 1. The Balaban J connectivity index is 1.80. The summed E-state index contributed by atoms with van der Waals surface area (Å²) in [5, 5.41) is 11.7. The minimum atomic E-state index is -0.352. The fourth-order valence-electron chi connectivity index (χ4n) is 3.20. The molecule has 1 heterocycles. The fourth-order valence-corrected chi connectivity index (χ4v) is 3.20. The molecule has 2 aromatic carbocycles. The Bertz CT molecular complexity index is 917. The Morgan fingerprint density at radius 3 is 2.61 bits per heavy atom. The van der Waals surface area contributed by atoms with Gasteiger partial charge in [-0.2, -0.15) is 5.26 Å². The molecule has 0 aliphatic carbocycles. The van der Waals surface area contributed by atoms with E-state index in [1.165, 1.54) is 7.11 Å². The molecule has 0 bridgehead atoms. The van der Waals surface area contributed by atoms with Crippen molar-refractivity contribution >= 4 is 17.6 Å². The number of anilines is 1. The third kappa shape index (κ3) is 4.13. The van der Waals surface area contributed by atoms with Gasteiger partial charge in [0.15, 0.2) is 0 Å². The van der Waals surface area contributed by atoms with Crippen LogP contribution < -0.4 is 10.1 Å². The van der Waals surface area contributed by atoms with Gasteiger partial charge in [-0.05, 0) is 42.5 Å². The highest BCUT2D eigenvalue weighted by molar-refractivity contribution is 6.04. The van der Waals surface area contributed by atoms with Gasteiger partial charge in [0, 0.05) is 29.8 Å². The third-order valence-electron chi connectivity index (χ3n) is 4.64. The standard InChI is InChI=1S/C21H20N2O5/c1-26-19(24)9-15-12-28-18-8-7-16(10-17(18)20(15)27-2)23-21(25)14-5-3-13(11-22)4-6-14/h3-8,10,15,20H,9,12H2,1-2H3,(H,23,25). The van der Waals surface area contributed by atoms with E-state index in [1.807, 2.05) is 6.07 Å². The van der Waals surface area contributed by atoms with Crippen molar-refractivity contribution in [3.63, 3.8) is 0 Å². The number of hydrogen-bond donors (Lipinski definition) is 1. The summed E-state index contributed by atoms with van der Waals surface area (Å²) in [6, 6.07) is 13.7. The topological polar surface area (TPSA) is 97.6 Å². The zero-order valence-corrected chi connectivity index (χ0v) is 15.6. The number of nitriles is 1. The molecule has 1 amide bonds. The Labute approximate surface area is 162 Å². The van der Waals surface area contributed by atoms with E-state index in [4.69, 9.17) is 19.5 Å². The molecular formula is C21H20N2O5. The van der Waals surface area contributed by atoms with Crippen LogP contribution in [-0.4, -0.2) is 32.7 Å². The number of esters is 1. The molecule has 0 saturated heterocycles. The molecule has 2 unspecified atom stereocenters. The van der Waals surface area contributed by atoms with E-state index in [9.17, 15) is 9.59 Å². The van der Waals surface area contributed by atoms with Crippen molar-refractivity contribution < 1.29 is 23.8 Å². The highest BCUT2D eigenvalue weighted by atomic mass is 16.5. The van der Waals surface area contributed by atoms with E-state index in [0.29, 0.717) is 29.2 Å². The molecule has 0 spiro atoms. The Morgan fingerprint density at radius 1 is 1.21 bits per heavy atom. The van der Waals surface area contributed by atoms with Crippen LogP contribution in [0.2, 0.25) is 0 Å². The first-order valence-electron chi connectivity index (χ1n) is 8.73. The van der Waals surface area contributed by atoms with Crippen LogP contribution in [0.1, 0.15) is 34.0 Å². The molecule has 7 heteroatoms.